The fourth-order valence-electron chi connectivity index (χ4n) is 4.39. The lowest BCUT2D eigenvalue weighted by Crippen LogP contribution is -2.31. The lowest BCUT2D eigenvalue weighted by atomic mass is 9.95. The molecule has 1 aliphatic heterocycles. The van der Waals surface area contributed by atoms with Crippen LogP contribution in [0, 0.1) is 6.92 Å². The van der Waals surface area contributed by atoms with Crippen LogP contribution in [0.4, 0.5) is 0 Å². The van der Waals surface area contributed by atoms with E-state index in [9.17, 15) is 4.79 Å². The molecule has 32 heavy (non-hydrogen) atoms. The molecule has 0 aliphatic carbocycles. The fourth-order valence-corrected chi connectivity index (χ4v) is 4.39. The molecule has 1 N–H and O–H groups in total. The minimum absolute atomic E-state index is 0.0115. The van der Waals surface area contributed by atoms with E-state index in [1.807, 2.05) is 47.4 Å². The number of aromatic amines is 1. The van der Waals surface area contributed by atoms with Crippen molar-refractivity contribution < 1.29 is 9.53 Å². The van der Waals surface area contributed by atoms with E-state index < -0.39 is 0 Å². The van der Waals surface area contributed by atoms with Crippen LogP contribution in [0.2, 0.25) is 0 Å². The second-order valence-electron chi connectivity index (χ2n) is 8.14. The Bertz CT molecular complexity index is 1230. The summed E-state index contributed by atoms with van der Waals surface area (Å²) in [4.78, 5) is 15.4. The van der Waals surface area contributed by atoms with Crippen LogP contribution in [0.1, 0.15) is 38.8 Å². The molecule has 0 fully saturated rings. The highest BCUT2D eigenvalue weighted by molar-refractivity contribution is 6.00. The average molecular weight is 424 g/mol. The predicted octanol–water partition coefficient (Wildman–Crippen LogP) is 5.18. The molecule has 5 rings (SSSR count). The van der Waals surface area contributed by atoms with Crippen LogP contribution in [0.15, 0.2) is 78.9 Å². The Morgan fingerprint density at radius 2 is 1.69 bits per heavy atom. The molecular weight excluding hydrogens is 398 g/mol. The molecule has 0 saturated carbocycles. The highest BCUT2D eigenvalue weighted by atomic mass is 16.5. The molecule has 5 nitrogen and oxygen atoms in total. The number of carbonyl (C=O) groups is 1. The van der Waals surface area contributed by atoms with Crippen molar-refractivity contribution in [2.24, 2.45) is 0 Å². The van der Waals surface area contributed by atoms with Gasteiger partial charge in [0, 0.05) is 17.7 Å². The van der Waals surface area contributed by atoms with Gasteiger partial charge in [0.15, 0.2) is 0 Å². The topological polar surface area (TPSA) is 58.2 Å². The summed E-state index contributed by atoms with van der Waals surface area (Å²) in [5.74, 6) is 0.780. The van der Waals surface area contributed by atoms with Crippen molar-refractivity contribution in [3.05, 3.63) is 107 Å². The molecule has 5 heteroatoms. The first-order valence-corrected chi connectivity index (χ1v) is 10.8. The molecule has 160 valence electrons. The number of carbonyl (C=O) groups excluding carboxylic acids is 1. The van der Waals surface area contributed by atoms with Gasteiger partial charge in [-0.15, -0.1) is 0 Å². The maximum atomic E-state index is 13.5. The first-order chi connectivity index (χ1) is 15.7. The number of aromatic nitrogens is 2. The Morgan fingerprint density at radius 1 is 0.969 bits per heavy atom. The maximum Gasteiger partial charge on any atom is 0.273 e. The van der Waals surface area contributed by atoms with Crippen molar-refractivity contribution in [2.45, 2.75) is 19.4 Å². The van der Waals surface area contributed by atoms with Crippen LogP contribution in [-0.2, 0) is 6.42 Å². The number of benzene rings is 3. The first-order valence-electron chi connectivity index (χ1n) is 10.8. The summed E-state index contributed by atoms with van der Waals surface area (Å²) in [7, 11) is 1.66. The van der Waals surface area contributed by atoms with Gasteiger partial charge >= 0.3 is 0 Å². The lowest BCUT2D eigenvalue weighted by Gasteiger charge is -2.26. The third-order valence-corrected chi connectivity index (χ3v) is 6.10. The van der Waals surface area contributed by atoms with Crippen LogP contribution in [0.5, 0.6) is 5.75 Å². The minimum atomic E-state index is -0.206. The molecule has 1 aliphatic rings. The van der Waals surface area contributed by atoms with Gasteiger partial charge in [0.05, 0.1) is 18.8 Å². The van der Waals surface area contributed by atoms with Crippen LogP contribution in [-0.4, -0.2) is 34.7 Å². The quantitative estimate of drug-likeness (QED) is 0.465. The van der Waals surface area contributed by atoms with E-state index in [1.54, 1.807) is 7.11 Å². The number of nitrogens with one attached hydrogen (secondary N) is 1. The van der Waals surface area contributed by atoms with Gasteiger partial charge in [0.25, 0.3) is 5.91 Å². The number of hydrogen-bond donors (Lipinski definition) is 1. The van der Waals surface area contributed by atoms with Gasteiger partial charge in [0.2, 0.25) is 0 Å². The van der Waals surface area contributed by atoms with Crippen LogP contribution in [0.3, 0.4) is 0 Å². The standard InChI is InChI=1S/C27H25N3O2/c1-18-8-10-20(11-9-18)24-23-25(29-28-24)27(31)30(17-16-19-6-4-3-5-7-19)26(23)21-12-14-22(32-2)15-13-21/h3-15,26H,16-17H2,1-2H3,(H,28,29). The van der Waals surface area contributed by atoms with Gasteiger partial charge in [-0.2, -0.15) is 5.10 Å². The minimum Gasteiger partial charge on any atom is -0.497 e. The smallest absolute Gasteiger partial charge is 0.273 e. The summed E-state index contributed by atoms with van der Waals surface area (Å²) in [6.07, 6.45) is 0.788. The number of H-pyrrole nitrogens is 1. The molecule has 1 unspecified atom stereocenters. The lowest BCUT2D eigenvalue weighted by molar-refractivity contribution is 0.0746. The van der Waals surface area contributed by atoms with E-state index in [0.717, 1.165) is 34.6 Å². The second kappa shape index (κ2) is 8.35. The van der Waals surface area contributed by atoms with Crippen molar-refractivity contribution in [1.29, 1.82) is 0 Å². The van der Waals surface area contributed by atoms with Crippen molar-refractivity contribution >= 4 is 5.91 Å². The summed E-state index contributed by atoms with van der Waals surface area (Å²) in [5, 5.41) is 7.59. The fraction of sp³-hybridized carbons (Fsp3) is 0.185. The zero-order valence-corrected chi connectivity index (χ0v) is 18.2. The third kappa shape index (κ3) is 3.56. The Labute approximate surface area is 187 Å². The van der Waals surface area contributed by atoms with Gasteiger partial charge in [-0.1, -0.05) is 72.3 Å². The monoisotopic (exact) mass is 423 g/mol. The number of fused-ring (bicyclic) bond motifs is 1. The van der Waals surface area contributed by atoms with Crippen molar-refractivity contribution in [2.75, 3.05) is 13.7 Å². The number of ether oxygens (including phenoxy) is 1. The first kappa shape index (κ1) is 20.1. The highest BCUT2D eigenvalue weighted by Crippen LogP contribution is 2.43. The van der Waals surface area contributed by atoms with Crippen LogP contribution in [0.25, 0.3) is 11.3 Å². The molecule has 1 aromatic heterocycles. The van der Waals surface area contributed by atoms with Gasteiger partial charge in [0.1, 0.15) is 11.4 Å². The number of hydrogen-bond acceptors (Lipinski definition) is 3. The summed E-state index contributed by atoms with van der Waals surface area (Å²) in [6.45, 7) is 2.68. The van der Waals surface area contributed by atoms with Gasteiger partial charge in [-0.3, -0.25) is 9.89 Å². The Hall–Kier alpha value is -3.86. The number of methoxy groups -OCH3 is 1. The van der Waals surface area contributed by atoms with Crippen molar-refractivity contribution in [3.63, 3.8) is 0 Å². The van der Waals surface area contributed by atoms with Crippen LogP contribution < -0.4 is 4.74 Å². The van der Waals surface area contributed by atoms with Crippen LogP contribution >= 0.6 is 0 Å². The van der Waals surface area contributed by atoms with E-state index >= 15 is 0 Å². The summed E-state index contributed by atoms with van der Waals surface area (Å²) < 4.78 is 5.34. The van der Waals surface area contributed by atoms with Gasteiger partial charge in [-0.25, -0.2) is 0 Å². The van der Waals surface area contributed by atoms with Gasteiger partial charge < -0.3 is 9.64 Å². The number of rotatable bonds is 6. The molecule has 0 spiro atoms. The molecule has 0 saturated heterocycles. The molecule has 4 aromatic rings. The van der Waals surface area contributed by atoms with E-state index in [-0.39, 0.29) is 11.9 Å². The molecule has 0 radical (unpaired) electrons. The van der Waals surface area contributed by atoms with E-state index in [0.29, 0.717) is 12.2 Å². The zero-order chi connectivity index (χ0) is 22.1. The maximum absolute atomic E-state index is 13.5. The summed E-state index contributed by atoms with van der Waals surface area (Å²) >= 11 is 0. The van der Waals surface area contributed by atoms with Crippen molar-refractivity contribution in [1.82, 2.24) is 15.1 Å². The van der Waals surface area contributed by atoms with Crippen molar-refractivity contribution in [3.8, 4) is 17.0 Å². The van der Waals surface area contributed by atoms with Gasteiger partial charge in [-0.05, 0) is 36.6 Å². The Kier molecular flexibility index (Phi) is 5.23. The normalized spacial score (nSPS) is 15.1. The predicted molar refractivity (Wildman–Crippen MR) is 125 cm³/mol. The third-order valence-electron chi connectivity index (χ3n) is 6.10. The average Bonchev–Trinajstić information content (AvgIpc) is 3.38. The molecule has 2 heterocycles. The summed E-state index contributed by atoms with van der Waals surface area (Å²) in [5.41, 5.74) is 6.79. The number of nitrogens with zero attached hydrogens (tertiary/aromatic N) is 2. The van der Waals surface area contributed by atoms with E-state index in [1.165, 1.54) is 11.1 Å². The molecule has 1 amide bonds. The second-order valence-corrected chi connectivity index (χ2v) is 8.14. The highest BCUT2D eigenvalue weighted by Gasteiger charge is 2.41. The Morgan fingerprint density at radius 3 is 2.38 bits per heavy atom. The molecule has 0 bridgehead atoms. The van der Waals surface area contributed by atoms with E-state index in [4.69, 9.17) is 4.74 Å². The number of aryl methyl sites for hydroxylation is 1. The summed E-state index contributed by atoms with van der Waals surface area (Å²) in [6, 6.07) is 26.3. The SMILES string of the molecule is COc1ccc(C2c3c(-c4ccc(C)cc4)n[nH]c3C(=O)N2CCc2ccccc2)cc1. The Balaban J connectivity index is 1.57. The molecule has 3 aromatic carbocycles. The molecular formula is C27H25N3O2. The zero-order valence-electron chi connectivity index (χ0n) is 18.2. The molecule has 1 atom stereocenters. The van der Waals surface area contributed by atoms with E-state index in [2.05, 4.69) is 53.5 Å². The number of amides is 1. The largest absolute Gasteiger partial charge is 0.497 e.